The number of nitrogens with one attached hydrogen (secondary N) is 2. The summed E-state index contributed by atoms with van der Waals surface area (Å²) in [6, 6.07) is 1.99. The molecule has 8 heteroatoms. The summed E-state index contributed by atoms with van der Waals surface area (Å²) in [5.74, 6) is 1.04. The van der Waals surface area contributed by atoms with Crippen LogP contribution in [0.2, 0.25) is 0 Å². The van der Waals surface area contributed by atoms with E-state index in [1.165, 1.54) is 0 Å². The third-order valence-electron chi connectivity index (χ3n) is 2.78. The highest BCUT2D eigenvalue weighted by Gasteiger charge is 2.09. The van der Waals surface area contributed by atoms with Crippen LogP contribution in [0.5, 0.6) is 0 Å². The average molecular weight is 297 g/mol. The lowest BCUT2D eigenvalue weighted by molar-refractivity contribution is 0.589. The standard InChI is InChI=1S/C12H19N5O2S/c1-9(2)10-8-11-12(14-6-7-17(11)16-10)13-4-5-15-20(3,18)19/h6-9,15H,4-5H2,1-3H3,(H,13,14). The molecule has 2 aromatic heterocycles. The van der Waals surface area contributed by atoms with E-state index in [1.54, 1.807) is 16.9 Å². The molecule has 0 aliphatic heterocycles. The van der Waals surface area contributed by atoms with Crippen molar-refractivity contribution in [1.29, 1.82) is 0 Å². The molecule has 7 nitrogen and oxygen atoms in total. The molecule has 0 fully saturated rings. The first-order valence-corrected chi connectivity index (χ1v) is 8.29. The van der Waals surface area contributed by atoms with Gasteiger partial charge in [0.05, 0.1) is 11.9 Å². The molecule has 2 heterocycles. The quantitative estimate of drug-likeness (QED) is 0.770. The molecule has 0 aromatic carbocycles. The minimum Gasteiger partial charge on any atom is -0.367 e. The molecule has 2 N–H and O–H groups in total. The summed E-state index contributed by atoms with van der Waals surface area (Å²) in [6.07, 6.45) is 4.59. The average Bonchev–Trinajstić information content (AvgIpc) is 2.78. The summed E-state index contributed by atoms with van der Waals surface area (Å²) in [4.78, 5) is 4.26. The van der Waals surface area contributed by atoms with E-state index in [9.17, 15) is 8.42 Å². The second-order valence-corrected chi connectivity index (χ2v) is 6.76. The van der Waals surface area contributed by atoms with Gasteiger partial charge in [0.25, 0.3) is 0 Å². The molecule has 0 saturated carbocycles. The molecular weight excluding hydrogens is 278 g/mol. The van der Waals surface area contributed by atoms with Crippen molar-refractivity contribution in [2.75, 3.05) is 24.7 Å². The molecule has 0 radical (unpaired) electrons. The van der Waals surface area contributed by atoms with Crippen molar-refractivity contribution < 1.29 is 8.42 Å². The Bertz CT molecular complexity index is 693. The third-order valence-corrected chi connectivity index (χ3v) is 3.51. The van der Waals surface area contributed by atoms with Crippen molar-refractivity contribution in [2.24, 2.45) is 0 Å². The van der Waals surface area contributed by atoms with Gasteiger partial charge in [-0.05, 0) is 12.0 Å². The molecule has 2 aromatic rings. The van der Waals surface area contributed by atoms with Crippen LogP contribution in [0, 0.1) is 0 Å². The topological polar surface area (TPSA) is 88.4 Å². The van der Waals surface area contributed by atoms with E-state index >= 15 is 0 Å². The Hall–Kier alpha value is -1.67. The Balaban J connectivity index is 2.10. The lowest BCUT2D eigenvalue weighted by Gasteiger charge is -2.06. The van der Waals surface area contributed by atoms with Crippen LogP contribution in [0.1, 0.15) is 25.5 Å². The predicted octanol–water partition coefficient (Wildman–Crippen LogP) is 0.814. The van der Waals surface area contributed by atoms with Crippen molar-refractivity contribution in [3.63, 3.8) is 0 Å². The number of hydrogen-bond donors (Lipinski definition) is 2. The van der Waals surface area contributed by atoms with E-state index in [-0.39, 0.29) is 0 Å². The molecule has 0 unspecified atom stereocenters. The molecule has 0 bridgehead atoms. The summed E-state index contributed by atoms with van der Waals surface area (Å²) in [6.45, 7) is 4.94. The Morgan fingerprint density at radius 1 is 1.35 bits per heavy atom. The van der Waals surface area contributed by atoms with Crippen LogP contribution < -0.4 is 10.0 Å². The smallest absolute Gasteiger partial charge is 0.208 e. The highest BCUT2D eigenvalue weighted by molar-refractivity contribution is 7.88. The van der Waals surface area contributed by atoms with Gasteiger partial charge < -0.3 is 5.32 Å². The van der Waals surface area contributed by atoms with Crippen LogP contribution in [0.4, 0.5) is 5.82 Å². The Morgan fingerprint density at radius 2 is 2.10 bits per heavy atom. The number of nitrogens with zero attached hydrogens (tertiary/aromatic N) is 3. The van der Waals surface area contributed by atoms with Crippen molar-refractivity contribution >= 4 is 21.4 Å². The third kappa shape index (κ3) is 3.67. The molecule has 110 valence electrons. The molecule has 0 atom stereocenters. The number of hydrogen-bond acceptors (Lipinski definition) is 5. The fourth-order valence-electron chi connectivity index (χ4n) is 1.78. The van der Waals surface area contributed by atoms with Crippen LogP contribution >= 0.6 is 0 Å². The fraction of sp³-hybridized carbons (Fsp3) is 0.500. The van der Waals surface area contributed by atoms with E-state index in [0.717, 1.165) is 17.5 Å². The van der Waals surface area contributed by atoms with Crippen molar-refractivity contribution in [3.05, 3.63) is 24.2 Å². The minimum absolute atomic E-state index is 0.312. The zero-order chi connectivity index (χ0) is 14.8. The maximum Gasteiger partial charge on any atom is 0.208 e. The lowest BCUT2D eigenvalue weighted by atomic mass is 10.1. The highest BCUT2D eigenvalue weighted by atomic mass is 32.2. The minimum atomic E-state index is -3.16. The van der Waals surface area contributed by atoms with Crippen LogP contribution in [-0.4, -0.2) is 42.4 Å². The van der Waals surface area contributed by atoms with Gasteiger partial charge in [0.1, 0.15) is 5.52 Å². The molecule has 20 heavy (non-hydrogen) atoms. The van der Waals surface area contributed by atoms with Gasteiger partial charge in [-0.2, -0.15) is 5.10 Å². The first-order valence-electron chi connectivity index (χ1n) is 6.39. The summed E-state index contributed by atoms with van der Waals surface area (Å²) in [5.41, 5.74) is 1.88. The number of rotatable bonds is 6. The Morgan fingerprint density at radius 3 is 2.75 bits per heavy atom. The summed E-state index contributed by atoms with van der Waals surface area (Å²) in [7, 11) is -3.16. The Kier molecular flexibility index (Phi) is 4.24. The number of fused-ring (bicyclic) bond motifs is 1. The van der Waals surface area contributed by atoms with Crippen LogP contribution in [0.3, 0.4) is 0 Å². The van der Waals surface area contributed by atoms with Crippen LogP contribution in [-0.2, 0) is 10.0 Å². The van der Waals surface area contributed by atoms with Gasteiger partial charge in [-0.25, -0.2) is 22.6 Å². The second kappa shape index (κ2) is 5.76. The molecule has 0 spiro atoms. The van der Waals surface area contributed by atoms with Crippen LogP contribution in [0.25, 0.3) is 5.52 Å². The first kappa shape index (κ1) is 14.7. The van der Waals surface area contributed by atoms with Gasteiger partial charge >= 0.3 is 0 Å². The second-order valence-electron chi connectivity index (χ2n) is 4.92. The van der Waals surface area contributed by atoms with Crippen molar-refractivity contribution in [2.45, 2.75) is 19.8 Å². The normalized spacial score (nSPS) is 12.2. The number of sulfonamides is 1. The highest BCUT2D eigenvalue weighted by Crippen LogP contribution is 2.19. The lowest BCUT2D eigenvalue weighted by Crippen LogP contribution is -2.27. The SMILES string of the molecule is CC(C)c1cc2c(NCCNS(C)(=O)=O)nccn2n1. The van der Waals surface area contributed by atoms with Gasteiger partial charge in [-0.3, -0.25) is 0 Å². The van der Waals surface area contributed by atoms with E-state index in [4.69, 9.17) is 0 Å². The fourth-order valence-corrected chi connectivity index (χ4v) is 2.25. The van der Waals surface area contributed by atoms with Gasteiger partial charge in [-0.1, -0.05) is 13.8 Å². The zero-order valence-corrected chi connectivity index (χ0v) is 12.6. The van der Waals surface area contributed by atoms with E-state index < -0.39 is 10.0 Å². The monoisotopic (exact) mass is 297 g/mol. The Labute approximate surface area is 118 Å². The number of aromatic nitrogens is 3. The van der Waals surface area contributed by atoms with Crippen molar-refractivity contribution in [3.8, 4) is 0 Å². The van der Waals surface area contributed by atoms with E-state index in [1.807, 2.05) is 6.07 Å². The summed E-state index contributed by atoms with van der Waals surface area (Å²) < 4.78 is 26.1. The molecule has 0 aliphatic carbocycles. The van der Waals surface area contributed by atoms with Gasteiger partial charge in [0.15, 0.2) is 5.82 Å². The van der Waals surface area contributed by atoms with Crippen molar-refractivity contribution in [1.82, 2.24) is 19.3 Å². The number of anilines is 1. The molecule has 2 rings (SSSR count). The first-order chi connectivity index (χ1) is 9.37. The predicted molar refractivity (Wildman–Crippen MR) is 78.4 cm³/mol. The molecule has 0 amide bonds. The maximum absolute atomic E-state index is 11.0. The molecule has 0 saturated heterocycles. The molecule has 0 aliphatic rings. The summed E-state index contributed by atoms with van der Waals surface area (Å²) in [5, 5.41) is 7.58. The maximum atomic E-state index is 11.0. The van der Waals surface area contributed by atoms with Gasteiger partial charge in [-0.15, -0.1) is 0 Å². The molecular formula is C12H19N5O2S. The largest absolute Gasteiger partial charge is 0.367 e. The van der Waals surface area contributed by atoms with E-state index in [0.29, 0.717) is 24.8 Å². The summed E-state index contributed by atoms with van der Waals surface area (Å²) >= 11 is 0. The van der Waals surface area contributed by atoms with Crippen LogP contribution in [0.15, 0.2) is 18.5 Å². The van der Waals surface area contributed by atoms with Gasteiger partial charge in [0.2, 0.25) is 10.0 Å². The van der Waals surface area contributed by atoms with Gasteiger partial charge in [0, 0.05) is 25.5 Å². The van der Waals surface area contributed by atoms with E-state index in [2.05, 4.69) is 34.0 Å². The zero-order valence-electron chi connectivity index (χ0n) is 11.8.